The standard InChI is InChI=1S/C18H18ClNO/c1-12-4-5-13(2)17(10-12)20-14(3)11-18(21)15-6-8-16(19)9-7-15/h4-11,20H,1-3H3/b14-11+. The van der Waals surface area contributed by atoms with Gasteiger partial charge in [-0.15, -0.1) is 0 Å². The number of nitrogens with one attached hydrogen (secondary N) is 1. The van der Waals surface area contributed by atoms with Gasteiger partial charge in [0.05, 0.1) is 0 Å². The molecule has 0 spiro atoms. The highest BCUT2D eigenvalue weighted by atomic mass is 35.5. The van der Waals surface area contributed by atoms with Gasteiger partial charge in [-0.3, -0.25) is 4.79 Å². The van der Waals surface area contributed by atoms with E-state index in [4.69, 9.17) is 11.6 Å². The van der Waals surface area contributed by atoms with E-state index < -0.39 is 0 Å². The number of ketones is 1. The first-order valence-corrected chi connectivity index (χ1v) is 7.16. The molecule has 0 radical (unpaired) electrons. The molecule has 0 unspecified atom stereocenters. The lowest BCUT2D eigenvalue weighted by atomic mass is 10.1. The Labute approximate surface area is 130 Å². The second-order valence-electron chi connectivity index (χ2n) is 5.14. The Kier molecular flexibility index (Phi) is 4.81. The highest BCUT2D eigenvalue weighted by molar-refractivity contribution is 6.30. The van der Waals surface area contributed by atoms with Crippen LogP contribution in [0.4, 0.5) is 5.69 Å². The van der Waals surface area contributed by atoms with Gasteiger partial charge in [-0.05, 0) is 62.2 Å². The van der Waals surface area contributed by atoms with E-state index in [2.05, 4.69) is 23.5 Å². The second kappa shape index (κ2) is 6.59. The van der Waals surface area contributed by atoms with E-state index in [-0.39, 0.29) is 5.78 Å². The molecule has 0 amide bonds. The van der Waals surface area contributed by atoms with Crippen molar-refractivity contribution in [1.29, 1.82) is 0 Å². The van der Waals surface area contributed by atoms with E-state index in [1.54, 1.807) is 30.3 Å². The van der Waals surface area contributed by atoms with Gasteiger partial charge in [-0.25, -0.2) is 0 Å². The average Bonchev–Trinajstić information content (AvgIpc) is 2.43. The Morgan fingerprint density at radius 1 is 1.10 bits per heavy atom. The molecule has 21 heavy (non-hydrogen) atoms. The molecule has 0 saturated heterocycles. The van der Waals surface area contributed by atoms with Gasteiger partial charge in [0.2, 0.25) is 0 Å². The first-order chi connectivity index (χ1) is 9.95. The Morgan fingerprint density at radius 3 is 2.43 bits per heavy atom. The number of carbonyl (C=O) groups is 1. The number of hydrogen-bond donors (Lipinski definition) is 1. The normalized spacial score (nSPS) is 11.3. The van der Waals surface area contributed by atoms with Crippen LogP contribution in [0.2, 0.25) is 5.02 Å². The number of carbonyl (C=O) groups excluding carboxylic acids is 1. The molecular formula is C18H18ClNO. The van der Waals surface area contributed by atoms with Crippen molar-refractivity contribution >= 4 is 23.1 Å². The van der Waals surface area contributed by atoms with Gasteiger partial charge in [0.25, 0.3) is 0 Å². The summed E-state index contributed by atoms with van der Waals surface area (Å²) in [5.41, 5.74) is 4.78. The minimum Gasteiger partial charge on any atom is -0.359 e. The van der Waals surface area contributed by atoms with Crippen molar-refractivity contribution in [1.82, 2.24) is 0 Å². The first kappa shape index (κ1) is 15.3. The smallest absolute Gasteiger partial charge is 0.187 e. The molecule has 3 heteroatoms. The largest absolute Gasteiger partial charge is 0.359 e. The Bertz CT molecular complexity index is 687. The maximum atomic E-state index is 12.1. The van der Waals surface area contributed by atoms with E-state index >= 15 is 0 Å². The Balaban J connectivity index is 2.15. The molecule has 0 fully saturated rings. The van der Waals surface area contributed by atoms with Gasteiger partial charge in [-0.2, -0.15) is 0 Å². The van der Waals surface area contributed by atoms with Gasteiger partial charge >= 0.3 is 0 Å². The van der Waals surface area contributed by atoms with Crippen LogP contribution in [0.1, 0.15) is 28.4 Å². The molecule has 0 aliphatic heterocycles. The van der Waals surface area contributed by atoms with E-state index in [9.17, 15) is 4.79 Å². The van der Waals surface area contributed by atoms with Crippen LogP contribution in [0, 0.1) is 13.8 Å². The highest BCUT2D eigenvalue weighted by Gasteiger charge is 2.04. The van der Waals surface area contributed by atoms with Crippen molar-refractivity contribution in [2.75, 3.05) is 5.32 Å². The number of hydrogen-bond acceptors (Lipinski definition) is 2. The predicted molar refractivity (Wildman–Crippen MR) is 89.1 cm³/mol. The lowest BCUT2D eigenvalue weighted by molar-refractivity contribution is 0.104. The molecule has 2 aromatic carbocycles. The molecule has 2 aromatic rings. The summed E-state index contributed by atoms with van der Waals surface area (Å²) in [6, 6.07) is 13.1. The minimum atomic E-state index is -0.0398. The van der Waals surface area contributed by atoms with Crippen LogP contribution in [0.15, 0.2) is 54.2 Å². The molecule has 0 bridgehead atoms. The van der Waals surface area contributed by atoms with Gasteiger partial charge in [0.1, 0.15) is 0 Å². The number of halogens is 1. The Hall–Kier alpha value is -2.06. The summed E-state index contributed by atoms with van der Waals surface area (Å²) in [6.07, 6.45) is 1.60. The fraction of sp³-hybridized carbons (Fsp3) is 0.167. The van der Waals surface area contributed by atoms with Crippen molar-refractivity contribution < 1.29 is 4.79 Å². The third-order valence-electron chi connectivity index (χ3n) is 3.20. The van der Waals surface area contributed by atoms with E-state index in [1.807, 2.05) is 20.8 Å². The predicted octanol–water partition coefficient (Wildman–Crippen LogP) is 5.16. The van der Waals surface area contributed by atoms with Gasteiger partial charge in [-0.1, -0.05) is 23.7 Å². The third kappa shape index (κ3) is 4.20. The first-order valence-electron chi connectivity index (χ1n) is 6.78. The summed E-state index contributed by atoms with van der Waals surface area (Å²) in [7, 11) is 0. The summed E-state index contributed by atoms with van der Waals surface area (Å²) in [6.45, 7) is 5.97. The molecule has 0 saturated carbocycles. The number of rotatable bonds is 4. The molecule has 108 valence electrons. The van der Waals surface area contributed by atoms with E-state index in [1.165, 1.54) is 5.56 Å². The van der Waals surface area contributed by atoms with E-state index in [0.717, 1.165) is 16.9 Å². The zero-order chi connectivity index (χ0) is 15.4. The number of benzene rings is 2. The van der Waals surface area contributed by atoms with Crippen LogP contribution in [0.25, 0.3) is 0 Å². The second-order valence-corrected chi connectivity index (χ2v) is 5.58. The summed E-state index contributed by atoms with van der Waals surface area (Å²) < 4.78 is 0. The average molecular weight is 300 g/mol. The van der Waals surface area contributed by atoms with Crippen LogP contribution in [0.5, 0.6) is 0 Å². The SMILES string of the molecule is C/C(=C\C(=O)c1ccc(Cl)cc1)Nc1cc(C)ccc1C. The molecule has 2 nitrogen and oxygen atoms in total. The maximum Gasteiger partial charge on any atom is 0.187 e. The number of aryl methyl sites for hydroxylation is 2. The molecule has 2 rings (SSSR count). The van der Waals surface area contributed by atoms with Crippen LogP contribution >= 0.6 is 11.6 Å². The number of allylic oxidation sites excluding steroid dienone is 2. The zero-order valence-corrected chi connectivity index (χ0v) is 13.2. The maximum absolute atomic E-state index is 12.1. The van der Waals surface area contributed by atoms with E-state index in [0.29, 0.717) is 10.6 Å². The monoisotopic (exact) mass is 299 g/mol. The van der Waals surface area contributed by atoms with Crippen LogP contribution in [-0.4, -0.2) is 5.78 Å². The van der Waals surface area contributed by atoms with Gasteiger partial charge < -0.3 is 5.32 Å². The lowest BCUT2D eigenvalue weighted by Gasteiger charge is -2.10. The van der Waals surface area contributed by atoms with Crippen molar-refractivity contribution in [3.63, 3.8) is 0 Å². The topological polar surface area (TPSA) is 29.1 Å². The van der Waals surface area contributed by atoms with Gasteiger partial charge in [0, 0.05) is 28.0 Å². The summed E-state index contributed by atoms with van der Waals surface area (Å²) in [5.74, 6) is -0.0398. The zero-order valence-electron chi connectivity index (χ0n) is 12.4. The molecule has 1 N–H and O–H groups in total. The van der Waals surface area contributed by atoms with Crippen molar-refractivity contribution in [3.8, 4) is 0 Å². The minimum absolute atomic E-state index is 0.0398. The third-order valence-corrected chi connectivity index (χ3v) is 3.45. The van der Waals surface area contributed by atoms with Gasteiger partial charge in [0.15, 0.2) is 5.78 Å². The van der Waals surface area contributed by atoms with Crippen molar-refractivity contribution in [2.24, 2.45) is 0 Å². The summed E-state index contributed by atoms with van der Waals surface area (Å²) >= 11 is 5.82. The van der Waals surface area contributed by atoms with Crippen LogP contribution in [-0.2, 0) is 0 Å². The number of anilines is 1. The quantitative estimate of drug-likeness (QED) is 0.624. The Morgan fingerprint density at radius 2 is 1.76 bits per heavy atom. The van der Waals surface area contributed by atoms with Crippen molar-refractivity contribution in [3.05, 3.63) is 76.0 Å². The lowest BCUT2D eigenvalue weighted by Crippen LogP contribution is -2.02. The summed E-state index contributed by atoms with van der Waals surface area (Å²) in [4.78, 5) is 12.1. The molecule has 0 aliphatic rings. The molecule has 0 aromatic heterocycles. The van der Waals surface area contributed by atoms with Crippen molar-refractivity contribution in [2.45, 2.75) is 20.8 Å². The molecule has 0 atom stereocenters. The highest BCUT2D eigenvalue weighted by Crippen LogP contribution is 2.18. The molecule has 0 aliphatic carbocycles. The van der Waals surface area contributed by atoms with Crippen LogP contribution < -0.4 is 5.32 Å². The fourth-order valence-corrected chi connectivity index (χ4v) is 2.14. The molecule has 0 heterocycles. The fourth-order valence-electron chi connectivity index (χ4n) is 2.01. The van der Waals surface area contributed by atoms with Crippen LogP contribution in [0.3, 0.4) is 0 Å². The summed E-state index contributed by atoms with van der Waals surface area (Å²) in [5, 5.41) is 3.90. The molecular weight excluding hydrogens is 282 g/mol.